The zero-order valence-electron chi connectivity index (χ0n) is 5.44. The molecule has 1 N–H and O–H groups in total. The molecule has 1 unspecified atom stereocenters. The second-order valence-electron chi connectivity index (χ2n) is 2.43. The van der Waals surface area contributed by atoms with Crippen LogP contribution in [0.15, 0.2) is 0 Å². The highest BCUT2D eigenvalue weighted by Gasteiger charge is 2.40. The lowest BCUT2D eigenvalue weighted by molar-refractivity contribution is -0.123. The average Bonchev–Trinajstić information content (AvgIpc) is 1.87. The Morgan fingerprint density at radius 2 is 2.30 bits per heavy atom. The number of piperidine rings is 1. The minimum Gasteiger partial charge on any atom is -0.303 e. The van der Waals surface area contributed by atoms with Gasteiger partial charge in [-0.1, -0.05) is 0 Å². The van der Waals surface area contributed by atoms with Gasteiger partial charge in [0, 0.05) is 6.42 Å². The molecule has 1 rings (SSSR count). The molecule has 0 bridgehead atoms. The number of hydrogen-bond acceptors (Lipinski definition) is 2. The van der Waals surface area contributed by atoms with Crippen LogP contribution in [0, 0.1) is 0 Å². The monoisotopic (exact) mass is 149 g/mol. The van der Waals surface area contributed by atoms with Gasteiger partial charge in [0.2, 0.25) is 0 Å². The highest BCUT2D eigenvalue weighted by Crippen LogP contribution is 2.26. The van der Waals surface area contributed by atoms with Crippen molar-refractivity contribution in [2.24, 2.45) is 0 Å². The highest BCUT2D eigenvalue weighted by molar-refractivity contribution is 5.59. The molecule has 0 saturated carbocycles. The molecular formula is C6H9F2NO. The number of alkyl halides is 2. The molecule has 0 radical (unpaired) electrons. The lowest BCUT2D eigenvalue weighted by Gasteiger charge is -2.28. The summed E-state index contributed by atoms with van der Waals surface area (Å²) >= 11 is 0. The molecule has 0 amide bonds. The molecule has 58 valence electrons. The fourth-order valence-electron chi connectivity index (χ4n) is 1.03. The molecule has 10 heavy (non-hydrogen) atoms. The van der Waals surface area contributed by atoms with Gasteiger partial charge in [0.05, 0.1) is 0 Å². The third kappa shape index (κ3) is 1.31. The van der Waals surface area contributed by atoms with Crippen LogP contribution in [0.3, 0.4) is 0 Å². The summed E-state index contributed by atoms with van der Waals surface area (Å²) < 4.78 is 25.2. The largest absolute Gasteiger partial charge is 0.303 e. The van der Waals surface area contributed by atoms with Gasteiger partial charge in [-0.05, 0) is 13.0 Å². The molecular weight excluding hydrogens is 140 g/mol. The maximum absolute atomic E-state index is 12.6. The highest BCUT2D eigenvalue weighted by atomic mass is 19.3. The maximum atomic E-state index is 12.6. The number of halogens is 2. The van der Waals surface area contributed by atoms with E-state index >= 15 is 0 Å². The van der Waals surface area contributed by atoms with E-state index in [9.17, 15) is 13.6 Å². The normalized spacial score (nSPS) is 31.6. The summed E-state index contributed by atoms with van der Waals surface area (Å²) in [6.07, 6.45) is 0.542. The molecule has 0 aromatic carbocycles. The topological polar surface area (TPSA) is 29.1 Å². The van der Waals surface area contributed by atoms with Gasteiger partial charge in [-0.25, -0.2) is 8.78 Å². The van der Waals surface area contributed by atoms with Crippen LogP contribution in [-0.2, 0) is 4.79 Å². The molecule has 0 aromatic heterocycles. The van der Waals surface area contributed by atoms with Crippen molar-refractivity contribution in [2.75, 3.05) is 6.54 Å². The molecule has 2 nitrogen and oxygen atoms in total. The Labute approximate surface area is 57.6 Å². The summed E-state index contributed by atoms with van der Waals surface area (Å²) in [4.78, 5) is 10.0. The molecule has 0 spiro atoms. The van der Waals surface area contributed by atoms with Crippen LogP contribution in [0.1, 0.15) is 12.8 Å². The van der Waals surface area contributed by atoms with E-state index in [-0.39, 0.29) is 12.7 Å². The minimum atomic E-state index is -2.83. The molecule has 1 heterocycles. The fourth-order valence-corrected chi connectivity index (χ4v) is 1.03. The number of rotatable bonds is 1. The summed E-state index contributed by atoms with van der Waals surface area (Å²) in [7, 11) is 0. The Morgan fingerprint density at radius 3 is 2.70 bits per heavy atom. The number of carbonyl (C=O) groups excluding carboxylic acids is 1. The first-order chi connectivity index (χ1) is 4.67. The first-order valence-electron chi connectivity index (χ1n) is 3.23. The van der Waals surface area contributed by atoms with E-state index < -0.39 is 12.0 Å². The van der Waals surface area contributed by atoms with Crippen molar-refractivity contribution in [3.8, 4) is 0 Å². The van der Waals surface area contributed by atoms with Gasteiger partial charge < -0.3 is 10.1 Å². The van der Waals surface area contributed by atoms with Crippen molar-refractivity contribution >= 4 is 6.29 Å². The molecule has 1 aliphatic heterocycles. The number of aldehydes is 1. The first-order valence-corrected chi connectivity index (χ1v) is 3.23. The standard InChI is InChI=1S/C6H9F2NO/c7-6(8)2-1-3-9-5(6)4-10/h4-5,9H,1-3H2. The Morgan fingerprint density at radius 1 is 1.60 bits per heavy atom. The minimum absolute atomic E-state index is 0.177. The van der Waals surface area contributed by atoms with Crippen LogP contribution in [0.4, 0.5) is 8.78 Å². The van der Waals surface area contributed by atoms with E-state index in [0.717, 1.165) is 0 Å². The lowest BCUT2D eigenvalue weighted by atomic mass is 10.0. The SMILES string of the molecule is O=CC1NCCCC1(F)F. The molecule has 0 aromatic rings. The van der Waals surface area contributed by atoms with E-state index in [1.165, 1.54) is 0 Å². The van der Waals surface area contributed by atoms with Gasteiger partial charge >= 0.3 is 0 Å². The van der Waals surface area contributed by atoms with Crippen molar-refractivity contribution in [3.63, 3.8) is 0 Å². The Kier molecular flexibility index (Phi) is 1.99. The first kappa shape index (κ1) is 7.60. The summed E-state index contributed by atoms with van der Waals surface area (Å²) in [5, 5.41) is 2.44. The zero-order valence-corrected chi connectivity index (χ0v) is 5.44. The van der Waals surface area contributed by atoms with E-state index in [1.807, 2.05) is 0 Å². The summed E-state index contributed by atoms with van der Waals surface area (Å²) in [6, 6.07) is -1.26. The van der Waals surface area contributed by atoms with Gasteiger partial charge in [0.15, 0.2) is 0 Å². The van der Waals surface area contributed by atoms with Crippen LogP contribution in [-0.4, -0.2) is 24.8 Å². The molecule has 1 aliphatic rings. The van der Waals surface area contributed by atoms with Gasteiger partial charge in [0.25, 0.3) is 5.92 Å². The molecule has 1 atom stereocenters. The molecule has 1 fully saturated rings. The summed E-state index contributed by atoms with van der Waals surface area (Å²) in [5.41, 5.74) is 0. The van der Waals surface area contributed by atoms with Gasteiger partial charge in [-0.3, -0.25) is 0 Å². The predicted molar refractivity (Wildman–Crippen MR) is 32.0 cm³/mol. The summed E-state index contributed by atoms with van der Waals surface area (Å²) in [5.74, 6) is -2.83. The third-order valence-electron chi connectivity index (χ3n) is 1.64. The van der Waals surface area contributed by atoms with Crippen LogP contribution >= 0.6 is 0 Å². The van der Waals surface area contributed by atoms with E-state index in [0.29, 0.717) is 13.0 Å². The van der Waals surface area contributed by atoms with E-state index in [4.69, 9.17) is 0 Å². The Balaban J connectivity index is 2.59. The summed E-state index contributed by atoms with van der Waals surface area (Å²) in [6.45, 7) is 0.513. The van der Waals surface area contributed by atoms with Crippen molar-refractivity contribution in [1.29, 1.82) is 0 Å². The van der Waals surface area contributed by atoms with Crippen LogP contribution in [0.5, 0.6) is 0 Å². The second-order valence-corrected chi connectivity index (χ2v) is 2.43. The van der Waals surface area contributed by atoms with E-state index in [2.05, 4.69) is 5.32 Å². The lowest BCUT2D eigenvalue weighted by Crippen LogP contribution is -2.50. The zero-order chi connectivity index (χ0) is 7.61. The van der Waals surface area contributed by atoms with E-state index in [1.54, 1.807) is 0 Å². The Bertz CT molecular complexity index is 138. The molecule has 1 saturated heterocycles. The van der Waals surface area contributed by atoms with Crippen molar-refractivity contribution in [3.05, 3.63) is 0 Å². The van der Waals surface area contributed by atoms with Crippen LogP contribution < -0.4 is 5.32 Å². The third-order valence-corrected chi connectivity index (χ3v) is 1.64. The predicted octanol–water partition coefficient (Wildman–Crippen LogP) is 0.573. The fraction of sp³-hybridized carbons (Fsp3) is 0.833. The van der Waals surface area contributed by atoms with Crippen molar-refractivity contribution in [1.82, 2.24) is 5.32 Å². The van der Waals surface area contributed by atoms with Crippen molar-refractivity contribution < 1.29 is 13.6 Å². The average molecular weight is 149 g/mol. The Hall–Kier alpha value is -0.510. The van der Waals surface area contributed by atoms with Gasteiger partial charge in [-0.15, -0.1) is 0 Å². The number of hydrogen-bond donors (Lipinski definition) is 1. The van der Waals surface area contributed by atoms with Crippen LogP contribution in [0.25, 0.3) is 0 Å². The molecule has 0 aliphatic carbocycles. The van der Waals surface area contributed by atoms with Crippen molar-refractivity contribution in [2.45, 2.75) is 24.8 Å². The van der Waals surface area contributed by atoms with Gasteiger partial charge in [-0.2, -0.15) is 0 Å². The van der Waals surface area contributed by atoms with Gasteiger partial charge in [0.1, 0.15) is 12.3 Å². The smallest absolute Gasteiger partial charge is 0.269 e. The second kappa shape index (κ2) is 2.62. The number of nitrogens with one attached hydrogen (secondary N) is 1. The number of carbonyl (C=O) groups is 1. The molecule has 4 heteroatoms. The maximum Gasteiger partial charge on any atom is 0.269 e. The van der Waals surface area contributed by atoms with Crippen LogP contribution in [0.2, 0.25) is 0 Å². The quantitative estimate of drug-likeness (QED) is 0.552.